The Bertz CT molecular complexity index is 1390. The Morgan fingerprint density at radius 2 is 2.19 bits per heavy atom. The topological polar surface area (TPSA) is 165 Å². The van der Waals surface area contributed by atoms with Gasteiger partial charge >= 0.3 is 6.01 Å². The highest BCUT2D eigenvalue weighted by Gasteiger charge is 2.31. The summed E-state index contributed by atoms with van der Waals surface area (Å²) in [5.41, 5.74) is 7.23. The molecule has 4 N–H and O–H groups in total. The van der Waals surface area contributed by atoms with Crippen LogP contribution in [0, 0.1) is 0 Å². The fraction of sp³-hybridized carbons (Fsp3) is 0.200. The van der Waals surface area contributed by atoms with E-state index < -0.39 is 5.91 Å². The lowest BCUT2D eigenvalue weighted by molar-refractivity contribution is -0.125. The fourth-order valence-corrected chi connectivity index (χ4v) is 3.81. The second-order valence-corrected chi connectivity index (χ2v) is 7.31. The summed E-state index contributed by atoms with van der Waals surface area (Å²) in [4.78, 5) is 39.1. The summed E-state index contributed by atoms with van der Waals surface area (Å²) in [6, 6.07) is 4.16. The van der Waals surface area contributed by atoms with Crippen molar-refractivity contribution in [1.29, 1.82) is 0 Å². The van der Waals surface area contributed by atoms with E-state index in [0.29, 0.717) is 41.6 Å². The smallest absolute Gasteiger partial charge is 0.302 e. The maximum Gasteiger partial charge on any atom is 0.302 e. The van der Waals surface area contributed by atoms with E-state index in [2.05, 4.69) is 31.9 Å². The minimum atomic E-state index is -0.608. The van der Waals surface area contributed by atoms with Crippen LogP contribution in [0.25, 0.3) is 22.1 Å². The Kier molecular flexibility index (Phi) is 4.47. The van der Waals surface area contributed by atoms with Crippen molar-refractivity contribution in [2.75, 3.05) is 24.1 Å². The molecule has 5 rings (SSSR count). The molecule has 1 aromatic carbocycles. The number of nitrogens with two attached hydrogens (primary N) is 1. The number of phenolic OH excluding ortho intramolecular Hbond substituents is 1. The number of carbonyl (C=O) groups is 2. The second kappa shape index (κ2) is 7.34. The molecular weight excluding hydrogens is 416 g/mol. The van der Waals surface area contributed by atoms with Crippen molar-refractivity contribution < 1.29 is 19.1 Å². The summed E-state index contributed by atoms with van der Waals surface area (Å²) in [5, 5.41) is 16.9. The molecule has 3 aromatic heterocycles. The van der Waals surface area contributed by atoms with Crippen LogP contribution in [0.1, 0.15) is 23.0 Å². The lowest BCUT2D eigenvalue weighted by Gasteiger charge is -2.14. The number of likely N-dealkylation sites (tertiary alicyclic amines) is 1. The lowest BCUT2D eigenvalue weighted by atomic mass is 10.2. The number of nitrogens with one attached hydrogen (secondary N) is 1. The average Bonchev–Trinajstić information content (AvgIpc) is 3.49. The summed E-state index contributed by atoms with van der Waals surface area (Å²) in [5.74, 6) is -0.647. The van der Waals surface area contributed by atoms with E-state index in [1.54, 1.807) is 15.6 Å². The Morgan fingerprint density at radius 1 is 1.34 bits per heavy atom. The number of oxazole rings is 1. The summed E-state index contributed by atoms with van der Waals surface area (Å²) in [7, 11) is 0. The quantitative estimate of drug-likeness (QED) is 0.403. The van der Waals surface area contributed by atoms with Crippen molar-refractivity contribution in [3.05, 3.63) is 42.9 Å². The first-order valence-electron chi connectivity index (χ1n) is 9.75. The van der Waals surface area contributed by atoms with Gasteiger partial charge in [-0.15, -0.1) is 0 Å². The third kappa shape index (κ3) is 3.17. The molecule has 0 radical (unpaired) electrons. The molecule has 1 aliphatic rings. The number of aromatic nitrogens is 5. The van der Waals surface area contributed by atoms with Gasteiger partial charge < -0.3 is 20.2 Å². The minimum Gasteiger partial charge on any atom is -0.508 e. The van der Waals surface area contributed by atoms with Gasteiger partial charge in [-0.25, -0.2) is 14.6 Å². The van der Waals surface area contributed by atoms with Crippen LogP contribution >= 0.6 is 0 Å². The van der Waals surface area contributed by atoms with Gasteiger partial charge in [0.1, 0.15) is 23.4 Å². The summed E-state index contributed by atoms with van der Waals surface area (Å²) in [6.45, 7) is 4.46. The SMILES string of the molecule is C=CC(=O)N1CC[C@@H](n2nc(C(=O)Nc3nc4cc(O)ccc4o3)c3c(N)ncnc32)C1. The van der Waals surface area contributed by atoms with Gasteiger partial charge in [0.2, 0.25) is 5.91 Å². The standard InChI is InChI=1S/C20H18N8O4/c1-2-14(30)27-6-5-10(8-27)28-18-15(17(21)22-9-23-18)16(26-28)19(31)25-20-24-12-7-11(29)3-4-13(12)32-20/h2-4,7,9-10,29H,1,5-6,8H2,(H2,21,22,23)(H,24,25,31)/t10-/m1/s1. The molecule has 162 valence electrons. The lowest BCUT2D eigenvalue weighted by Crippen LogP contribution is -2.27. The molecular formula is C20H18N8O4. The molecule has 1 atom stereocenters. The molecule has 1 saturated heterocycles. The predicted molar refractivity (Wildman–Crippen MR) is 114 cm³/mol. The van der Waals surface area contributed by atoms with Crippen LogP contribution in [0.3, 0.4) is 0 Å². The third-order valence-electron chi connectivity index (χ3n) is 5.32. The van der Waals surface area contributed by atoms with E-state index in [4.69, 9.17) is 10.2 Å². The Morgan fingerprint density at radius 3 is 3.00 bits per heavy atom. The molecule has 0 unspecified atom stereocenters. The zero-order chi connectivity index (χ0) is 22.4. The van der Waals surface area contributed by atoms with Crippen molar-refractivity contribution >= 4 is 45.8 Å². The highest BCUT2D eigenvalue weighted by molar-refractivity contribution is 6.12. The average molecular weight is 434 g/mol. The molecule has 12 heteroatoms. The number of fused-ring (bicyclic) bond motifs is 2. The first-order chi connectivity index (χ1) is 15.4. The van der Waals surface area contributed by atoms with Gasteiger partial charge in [0.05, 0.1) is 11.4 Å². The first-order valence-corrected chi connectivity index (χ1v) is 9.75. The van der Waals surface area contributed by atoms with E-state index >= 15 is 0 Å². The molecule has 0 bridgehead atoms. The van der Waals surface area contributed by atoms with Crippen LogP contribution in [0.4, 0.5) is 11.8 Å². The number of rotatable bonds is 4. The number of amides is 2. The van der Waals surface area contributed by atoms with E-state index in [1.807, 2.05) is 0 Å². The molecule has 2 amide bonds. The number of anilines is 2. The van der Waals surface area contributed by atoms with Gasteiger partial charge in [-0.2, -0.15) is 10.1 Å². The molecule has 4 heterocycles. The molecule has 0 saturated carbocycles. The van der Waals surface area contributed by atoms with Gasteiger partial charge in [-0.1, -0.05) is 6.58 Å². The van der Waals surface area contributed by atoms with Gasteiger partial charge in [-0.3, -0.25) is 14.9 Å². The third-order valence-corrected chi connectivity index (χ3v) is 5.32. The van der Waals surface area contributed by atoms with Crippen LogP contribution < -0.4 is 11.1 Å². The van der Waals surface area contributed by atoms with Crippen LogP contribution in [-0.4, -0.2) is 59.6 Å². The van der Waals surface area contributed by atoms with Crippen molar-refractivity contribution in [3.8, 4) is 5.75 Å². The largest absolute Gasteiger partial charge is 0.508 e. The molecule has 32 heavy (non-hydrogen) atoms. The van der Waals surface area contributed by atoms with Crippen LogP contribution in [0.5, 0.6) is 5.75 Å². The molecule has 12 nitrogen and oxygen atoms in total. The Balaban J connectivity index is 1.50. The number of hydrogen-bond donors (Lipinski definition) is 3. The van der Waals surface area contributed by atoms with Crippen molar-refractivity contribution in [1.82, 2.24) is 29.6 Å². The predicted octanol–water partition coefficient (Wildman–Crippen LogP) is 1.47. The van der Waals surface area contributed by atoms with Gasteiger partial charge in [0, 0.05) is 19.2 Å². The second-order valence-electron chi connectivity index (χ2n) is 7.31. The highest BCUT2D eigenvalue weighted by Crippen LogP contribution is 2.29. The monoisotopic (exact) mass is 434 g/mol. The van der Waals surface area contributed by atoms with E-state index in [-0.39, 0.29) is 35.2 Å². The van der Waals surface area contributed by atoms with Crippen molar-refractivity contribution in [2.24, 2.45) is 0 Å². The molecule has 1 aliphatic heterocycles. The van der Waals surface area contributed by atoms with E-state index in [0.717, 1.165) is 0 Å². The van der Waals surface area contributed by atoms with Gasteiger partial charge in [-0.05, 0) is 24.6 Å². The molecule has 4 aromatic rings. The highest BCUT2D eigenvalue weighted by atomic mass is 16.4. The summed E-state index contributed by atoms with van der Waals surface area (Å²) in [6.07, 6.45) is 3.20. The zero-order valence-corrected chi connectivity index (χ0v) is 16.7. The van der Waals surface area contributed by atoms with Gasteiger partial charge in [0.25, 0.3) is 5.91 Å². The Hall–Kier alpha value is -4.48. The number of nitrogen functional groups attached to an aromatic ring is 1. The number of benzene rings is 1. The summed E-state index contributed by atoms with van der Waals surface area (Å²) < 4.78 is 7.11. The number of nitrogens with zero attached hydrogens (tertiary/aromatic N) is 6. The maximum absolute atomic E-state index is 13.0. The summed E-state index contributed by atoms with van der Waals surface area (Å²) >= 11 is 0. The number of phenols is 1. The number of aromatic hydroxyl groups is 1. The van der Waals surface area contributed by atoms with Crippen LogP contribution in [0.2, 0.25) is 0 Å². The molecule has 1 fully saturated rings. The maximum atomic E-state index is 13.0. The van der Waals surface area contributed by atoms with Crippen LogP contribution in [0.15, 0.2) is 41.6 Å². The number of carbonyl (C=O) groups excluding carboxylic acids is 2. The first kappa shape index (κ1) is 19.5. The fourth-order valence-electron chi connectivity index (χ4n) is 3.81. The Labute approximate surface area is 180 Å². The normalized spacial score (nSPS) is 16.0. The van der Waals surface area contributed by atoms with Crippen molar-refractivity contribution in [3.63, 3.8) is 0 Å². The van der Waals surface area contributed by atoms with E-state index in [9.17, 15) is 14.7 Å². The number of hydrogen-bond acceptors (Lipinski definition) is 9. The van der Waals surface area contributed by atoms with Crippen molar-refractivity contribution in [2.45, 2.75) is 12.5 Å². The zero-order valence-electron chi connectivity index (χ0n) is 16.7. The molecule has 0 spiro atoms. The van der Waals surface area contributed by atoms with Crippen LogP contribution in [-0.2, 0) is 4.79 Å². The minimum absolute atomic E-state index is 0.0108. The molecule has 0 aliphatic carbocycles. The van der Waals surface area contributed by atoms with Gasteiger partial charge in [0.15, 0.2) is 16.9 Å². The van der Waals surface area contributed by atoms with E-state index in [1.165, 1.54) is 24.5 Å².